The summed E-state index contributed by atoms with van der Waals surface area (Å²) < 4.78 is 1.65. The van der Waals surface area contributed by atoms with E-state index in [0.29, 0.717) is 5.52 Å². The molecule has 0 fully saturated rings. The Morgan fingerprint density at radius 1 is 1.43 bits per heavy atom. The van der Waals surface area contributed by atoms with E-state index in [0.717, 1.165) is 11.1 Å². The van der Waals surface area contributed by atoms with Gasteiger partial charge in [-0.05, 0) is 18.6 Å². The lowest BCUT2D eigenvalue weighted by Gasteiger charge is -2.00. The Bertz CT molecular complexity index is 481. The summed E-state index contributed by atoms with van der Waals surface area (Å²) in [6, 6.07) is 1.62. The smallest absolute Gasteiger partial charge is 0.422 e. The first kappa shape index (κ1) is 9.17. The molecule has 0 amide bonds. The van der Waals surface area contributed by atoms with Crippen LogP contribution in [0, 0.1) is 6.92 Å². The molecule has 0 aliphatic heterocycles. The SMILES string of the molecule is Cc1cc(B(O)O)nc2cn(C)nc12. The fourth-order valence-electron chi connectivity index (χ4n) is 1.43. The quantitative estimate of drug-likeness (QED) is 0.564. The number of aryl methyl sites for hydroxylation is 2. The van der Waals surface area contributed by atoms with Crippen LogP contribution in [0.1, 0.15) is 5.56 Å². The molecule has 0 unspecified atom stereocenters. The summed E-state index contributed by atoms with van der Waals surface area (Å²) >= 11 is 0. The van der Waals surface area contributed by atoms with Gasteiger partial charge in [-0.2, -0.15) is 5.10 Å². The van der Waals surface area contributed by atoms with Gasteiger partial charge in [-0.15, -0.1) is 0 Å². The Hall–Kier alpha value is -1.40. The molecule has 0 aromatic carbocycles. The lowest BCUT2D eigenvalue weighted by atomic mass is 9.85. The maximum Gasteiger partial charge on any atom is 0.508 e. The van der Waals surface area contributed by atoms with Crippen LogP contribution in [0.5, 0.6) is 0 Å². The number of hydrogen-bond donors (Lipinski definition) is 2. The largest absolute Gasteiger partial charge is 0.508 e. The van der Waals surface area contributed by atoms with Gasteiger partial charge in [0.1, 0.15) is 11.0 Å². The molecular weight excluding hydrogens is 181 g/mol. The molecule has 2 rings (SSSR count). The minimum absolute atomic E-state index is 0.253. The van der Waals surface area contributed by atoms with E-state index < -0.39 is 7.12 Å². The first-order valence-electron chi connectivity index (χ1n) is 4.25. The molecule has 0 radical (unpaired) electrons. The van der Waals surface area contributed by atoms with Crippen LogP contribution < -0.4 is 5.59 Å². The third kappa shape index (κ3) is 1.38. The van der Waals surface area contributed by atoms with Gasteiger partial charge >= 0.3 is 7.12 Å². The monoisotopic (exact) mass is 191 g/mol. The zero-order chi connectivity index (χ0) is 10.3. The highest BCUT2D eigenvalue weighted by molar-refractivity contribution is 6.57. The van der Waals surface area contributed by atoms with Crippen LogP contribution in [0.15, 0.2) is 12.3 Å². The summed E-state index contributed by atoms with van der Waals surface area (Å²) in [6.45, 7) is 1.86. The maximum atomic E-state index is 8.98. The molecule has 2 heterocycles. The normalized spacial score (nSPS) is 10.9. The average molecular weight is 191 g/mol. The van der Waals surface area contributed by atoms with Crippen molar-refractivity contribution in [3.63, 3.8) is 0 Å². The molecule has 2 N–H and O–H groups in total. The molecule has 72 valence electrons. The second-order valence-electron chi connectivity index (χ2n) is 3.27. The van der Waals surface area contributed by atoms with Crippen LogP contribution in [0.2, 0.25) is 0 Å². The number of aromatic nitrogens is 3. The predicted octanol–water partition coefficient (Wildman–Crippen LogP) is -1.04. The molecule has 2 aromatic rings. The Kier molecular flexibility index (Phi) is 2.01. The molecule has 0 aliphatic rings. The van der Waals surface area contributed by atoms with Crippen molar-refractivity contribution in [2.75, 3.05) is 0 Å². The standard InChI is InChI=1S/C8H10BN3O2/c1-5-3-7(9(13)14)10-6-4-12(2)11-8(5)6/h3-4,13-14H,1-2H3. The van der Waals surface area contributed by atoms with Gasteiger partial charge in [0.25, 0.3) is 0 Å². The molecule has 0 bridgehead atoms. The van der Waals surface area contributed by atoms with E-state index in [-0.39, 0.29) is 5.59 Å². The Balaban J connectivity index is 2.71. The fraction of sp³-hybridized carbons (Fsp3) is 0.250. The van der Waals surface area contributed by atoms with E-state index in [9.17, 15) is 0 Å². The summed E-state index contributed by atoms with van der Waals surface area (Å²) in [4.78, 5) is 4.07. The van der Waals surface area contributed by atoms with Gasteiger partial charge in [0, 0.05) is 7.05 Å². The van der Waals surface area contributed by atoms with E-state index in [2.05, 4.69) is 10.1 Å². The minimum Gasteiger partial charge on any atom is -0.422 e. The number of pyridine rings is 1. The van der Waals surface area contributed by atoms with Crippen molar-refractivity contribution in [1.82, 2.24) is 14.8 Å². The topological polar surface area (TPSA) is 71.2 Å². The van der Waals surface area contributed by atoms with Crippen molar-refractivity contribution in [3.05, 3.63) is 17.8 Å². The third-order valence-corrected chi connectivity index (χ3v) is 2.06. The lowest BCUT2D eigenvalue weighted by Crippen LogP contribution is -2.32. The van der Waals surface area contributed by atoms with E-state index in [1.165, 1.54) is 0 Å². The first-order chi connectivity index (χ1) is 6.58. The number of hydrogen-bond acceptors (Lipinski definition) is 4. The predicted molar refractivity (Wildman–Crippen MR) is 53.1 cm³/mol. The van der Waals surface area contributed by atoms with Gasteiger partial charge in [-0.1, -0.05) is 0 Å². The molecule has 2 aromatic heterocycles. The molecule has 0 saturated heterocycles. The highest BCUT2D eigenvalue weighted by atomic mass is 16.4. The maximum absolute atomic E-state index is 8.98. The minimum atomic E-state index is -1.53. The van der Waals surface area contributed by atoms with Crippen molar-refractivity contribution in [2.24, 2.45) is 7.05 Å². The van der Waals surface area contributed by atoms with E-state index in [4.69, 9.17) is 10.0 Å². The highest BCUT2D eigenvalue weighted by Gasteiger charge is 2.15. The molecule has 0 spiro atoms. The van der Waals surface area contributed by atoms with Gasteiger partial charge in [-0.3, -0.25) is 9.67 Å². The van der Waals surface area contributed by atoms with Crippen molar-refractivity contribution in [2.45, 2.75) is 6.92 Å². The zero-order valence-electron chi connectivity index (χ0n) is 7.97. The summed E-state index contributed by atoms with van der Waals surface area (Å²) in [6.07, 6.45) is 1.74. The van der Waals surface area contributed by atoms with E-state index in [1.807, 2.05) is 6.92 Å². The van der Waals surface area contributed by atoms with Crippen molar-refractivity contribution in [3.8, 4) is 0 Å². The van der Waals surface area contributed by atoms with Crippen LogP contribution >= 0.6 is 0 Å². The first-order valence-corrected chi connectivity index (χ1v) is 4.25. The number of nitrogens with zero attached hydrogens (tertiary/aromatic N) is 3. The Labute approximate surface area is 81.2 Å². The van der Waals surface area contributed by atoms with Gasteiger partial charge in [-0.25, -0.2) is 0 Å². The Morgan fingerprint density at radius 3 is 2.79 bits per heavy atom. The van der Waals surface area contributed by atoms with Gasteiger partial charge in [0.05, 0.1) is 11.8 Å². The number of rotatable bonds is 1. The van der Waals surface area contributed by atoms with Crippen molar-refractivity contribution < 1.29 is 10.0 Å². The van der Waals surface area contributed by atoms with Crippen molar-refractivity contribution >= 4 is 23.7 Å². The molecule has 5 nitrogen and oxygen atoms in total. The van der Waals surface area contributed by atoms with Gasteiger partial charge in [0.15, 0.2) is 0 Å². The van der Waals surface area contributed by atoms with Crippen LogP contribution in [-0.4, -0.2) is 31.9 Å². The second-order valence-corrected chi connectivity index (χ2v) is 3.27. The third-order valence-electron chi connectivity index (χ3n) is 2.06. The van der Waals surface area contributed by atoms with E-state index in [1.54, 1.807) is 24.0 Å². The molecular formula is C8H10BN3O2. The zero-order valence-corrected chi connectivity index (χ0v) is 7.97. The molecule has 0 saturated carbocycles. The second kappa shape index (κ2) is 3.07. The van der Waals surface area contributed by atoms with Crippen LogP contribution in [0.25, 0.3) is 11.0 Å². The van der Waals surface area contributed by atoms with E-state index >= 15 is 0 Å². The highest BCUT2D eigenvalue weighted by Crippen LogP contribution is 2.11. The lowest BCUT2D eigenvalue weighted by molar-refractivity contribution is 0.424. The fourth-order valence-corrected chi connectivity index (χ4v) is 1.43. The summed E-state index contributed by atoms with van der Waals surface area (Å²) in [7, 11) is 0.272. The van der Waals surface area contributed by atoms with Crippen LogP contribution in [0.3, 0.4) is 0 Å². The molecule has 14 heavy (non-hydrogen) atoms. The average Bonchev–Trinajstić information content (AvgIpc) is 2.45. The molecule has 6 heteroatoms. The van der Waals surface area contributed by atoms with Gasteiger partial charge in [0.2, 0.25) is 0 Å². The van der Waals surface area contributed by atoms with Gasteiger partial charge < -0.3 is 10.0 Å². The summed E-state index contributed by atoms with van der Waals surface area (Å²) in [5, 5.41) is 22.2. The van der Waals surface area contributed by atoms with Crippen molar-refractivity contribution in [1.29, 1.82) is 0 Å². The summed E-state index contributed by atoms with van der Waals surface area (Å²) in [5.74, 6) is 0. The molecule has 0 atom stereocenters. The van der Waals surface area contributed by atoms with Crippen LogP contribution in [-0.2, 0) is 7.05 Å². The van der Waals surface area contributed by atoms with Crippen LogP contribution in [0.4, 0.5) is 0 Å². The Morgan fingerprint density at radius 2 is 2.14 bits per heavy atom. The number of fused-ring (bicyclic) bond motifs is 1. The molecule has 0 aliphatic carbocycles. The summed E-state index contributed by atoms with van der Waals surface area (Å²) in [5.41, 5.74) is 2.61.